The Hall–Kier alpha value is -2.81. The fourth-order valence-corrected chi connectivity index (χ4v) is 3.48. The van der Waals surface area contributed by atoms with E-state index in [1.165, 1.54) is 11.6 Å². The monoisotopic (exact) mass is 374 g/mol. The SMILES string of the molecule is C[C@H](Sc1nc2c(c(=O)n(C)c(=O)n2C)n1Cc1ccccc1)C(=O)O. The highest BCUT2D eigenvalue weighted by Gasteiger charge is 2.23. The van der Waals surface area contributed by atoms with E-state index in [9.17, 15) is 19.5 Å². The van der Waals surface area contributed by atoms with Crippen LogP contribution in [0.5, 0.6) is 0 Å². The van der Waals surface area contributed by atoms with Crippen molar-refractivity contribution in [3.05, 3.63) is 56.7 Å². The number of carboxylic acid groups (broad SMARTS) is 1. The molecule has 1 atom stereocenters. The van der Waals surface area contributed by atoms with Crippen molar-refractivity contribution in [2.45, 2.75) is 23.9 Å². The van der Waals surface area contributed by atoms with E-state index >= 15 is 0 Å². The first kappa shape index (κ1) is 18.0. The summed E-state index contributed by atoms with van der Waals surface area (Å²) in [6.07, 6.45) is 0. The van der Waals surface area contributed by atoms with Crippen molar-refractivity contribution in [1.29, 1.82) is 0 Å². The number of benzene rings is 1. The molecule has 0 aliphatic rings. The Morgan fingerprint density at radius 3 is 2.46 bits per heavy atom. The minimum atomic E-state index is -0.977. The molecule has 0 amide bonds. The summed E-state index contributed by atoms with van der Waals surface area (Å²) in [6.45, 7) is 1.90. The maximum absolute atomic E-state index is 12.7. The lowest BCUT2D eigenvalue weighted by atomic mass is 10.2. The number of carboxylic acids is 1. The Morgan fingerprint density at radius 2 is 1.85 bits per heavy atom. The van der Waals surface area contributed by atoms with Crippen LogP contribution in [-0.4, -0.2) is 35.0 Å². The topological polar surface area (TPSA) is 99.1 Å². The van der Waals surface area contributed by atoms with Crippen molar-refractivity contribution in [3.8, 4) is 0 Å². The molecule has 0 bridgehead atoms. The molecule has 26 heavy (non-hydrogen) atoms. The molecule has 2 heterocycles. The van der Waals surface area contributed by atoms with Crippen LogP contribution in [-0.2, 0) is 25.4 Å². The fraction of sp³-hybridized carbons (Fsp3) is 0.294. The first-order chi connectivity index (χ1) is 12.3. The van der Waals surface area contributed by atoms with Crippen molar-refractivity contribution >= 4 is 28.9 Å². The number of aliphatic carboxylic acids is 1. The first-order valence-electron chi connectivity index (χ1n) is 7.91. The second-order valence-corrected chi connectivity index (χ2v) is 7.25. The number of fused-ring (bicyclic) bond motifs is 1. The van der Waals surface area contributed by atoms with Crippen molar-refractivity contribution in [1.82, 2.24) is 18.7 Å². The predicted octanol–water partition coefficient (Wildman–Crippen LogP) is 1.05. The number of thioether (sulfide) groups is 1. The maximum Gasteiger partial charge on any atom is 0.332 e. The summed E-state index contributed by atoms with van der Waals surface area (Å²) in [5, 5.41) is 8.86. The van der Waals surface area contributed by atoms with E-state index in [1.807, 2.05) is 30.3 Å². The van der Waals surface area contributed by atoms with Gasteiger partial charge in [-0.1, -0.05) is 42.1 Å². The smallest absolute Gasteiger partial charge is 0.332 e. The molecule has 1 N–H and O–H groups in total. The summed E-state index contributed by atoms with van der Waals surface area (Å²) >= 11 is 1.04. The quantitative estimate of drug-likeness (QED) is 0.670. The highest BCUT2D eigenvalue weighted by molar-refractivity contribution is 8.00. The molecule has 0 unspecified atom stereocenters. The Bertz CT molecular complexity index is 1100. The maximum atomic E-state index is 12.7. The van der Waals surface area contributed by atoms with Gasteiger partial charge in [0.15, 0.2) is 16.3 Å². The molecule has 1 aromatic carbocycles. The van der Waals surface area contributed by atoms with E-state index in [4.69, 9.17) is 0 Å². The summed E-state index contributed by atoms with van der Waals surface area (Å²) in [5.74, 6) is -0.977. The van der Waals surface area contributed by atoms with Crippen LogP contribution in [0.1, 0.15) is 12.5 Å². The number of aromatic nitrogens is 4. The van der Waals surface area contributed by atoms with E-state index in [1.54, 1.807) is 18.5 Å². The second-order valence-electron chi connectivity index (χ2n) is 5.94. The van der Waals surface area contributed by atoms with E-state index in [0.717, 1.165) is 21.9 Å². The number of aryl methyl sites for hydroxylation is 1. The van der Waals surface area contributed by atoms with Crippen molar-refractivity contribution in [2.75, 3.05) is 0 Å². The van der Waals surface area contributed by atoms with Crippen molar-refractivity contribution < 1.29 is 9.90 Å². The molecular formula is C17H18N4O4S. The van der Waals surface area contributed by atoms with E-state index in [2.05, 4.69) is 4.98 Å². The van der Waals surface area contributed by atoms with Crippen LogP contribution in [0.2, 0.25) is 0 Å². The molecular weight excluding hydrogens is 356 g/mol. The zero-order valence-electron chi connectivity index (χ0n) is 14.5. The third-order valence-corrected chi connectivity index (χ3v) is 5.20. The second kappa shape index (κ2) is 6.83. The number of imidazole rings is 1. The first-order valence-corrected chi connectivity index (χ1v) is 8.79. The Morgan fingerprint density at radius 1 is 1.19 bits per heavy atom. The molecule has 0 aliphatic carbocycles. The van der Waals surface area contributed by atoms with Gasteiger partial charge < -0.3 is 9.67 Å². The summed E-state index contributed by atoms with van der Waals surface area (Å²) < 4.78 is 4.00. The summed E-state index contributed by atoms with van der Waals surface area (Å²) in [6, 6.07) is 9.48. The molecule has 0 spiro atoms. The molecule has 0 fully saturated rings. The van der Waals surface area contributed by atoms with Crippen LogP contribution in [0.3, 0.4) is 0 Å². The zero-order valence-corrected chi connectivity index (χ0v) is 15.4. The molecule has 0 aliphatic heterocycles. The van der Waals surface area contributed by atoms with Gasteiger partial charge in [-0.2, -0.15) is 0 Å². The molecule has 9 heteroatoms. The van der Waals surface area contributed by atoms with Gasteiger partial charge in [0, 0.05) is 14.1 Å². The summed E-state index contributed by atoms with van der Waals surface area (Å²) in [5.41, 5.74) is 0.524. The molecule has 136 valence electrons. The minimum Gasteiger partial charge on any atom is -0.480 e. The Balaban J connectivity index is 2.28. The number of hydrogen-bond acceptors (Lipinski definition) is 5. The lowest BCUT2D eigenvalue weighted by Crippen LogP contribution is -2.37. The van der Waals surface area contributed by atoms with Crippen LogP contribution in [0, 0.1) is 0 Å². The average molecular weight is 374 g/mol. The van der Waals surface area contributed by atoms with Gasteiger partial charge in [0.25, 0.3) is 5.56 Å². The van der Waals surface area contributed by atoms with Crippen molar-refractivity contribution in [2.24, 2.45) is 14.1 Å². The van der Waals surface area contributed by atoms with Crippen LogP contribution in [0.25, 0.3) is 11.2 Å². The summed E-state index contributed by atoms with van der Waals surface area (Å²) in [7, 11) is 2.95. The van der Waals surface area contributed by atoms with Crippen molar-refractivity contribution in [3.63, 3.8) is 0 Å². The molecule has 0 saturated carbocycles. The van der Waals surface area contributed by atoms with Crippen LogP contribution < -0.4 is 11.2 Å². The number of rotatable bonds is 5. The van der Waals surface area contributed by atoms with Crippen LogP contribution in [0.4, 0.5) is 0 Å². The lowest BCUT2D eigenvalue weighted by Gasteiger charge is -2.11. The lowest BCUT2D eigenvalue weighted by molar-refractivity contribution is -0.136. The largest absolute Gasteiger partial charge is 0.480 e. The third kappa shape index (κ3) is 3.05. The van der Waals surface area contributed by atoms with Gasteiger partial charge in [-0.25, -0.2) is 9.78 Å². The average Bonchev–Trinajstić information content (AvgIpc) is 2.97. The van der Waals surface area contributed by atoms with Gasteiger partial charge in [0.2, 0.25) is 0 Å². The van der Waals surface area contributed by atoms with E-state index < -0.39 is 22.5 Å². The third-order valence-electron chi connectivity index (χ3n) is 4.13. The highest BCUT2D eigenvalue weighted by atomic mass is 32.2. The molecule has 3 aromatic rings. The predicted molar refractivity (Wildman–Crippen MR) is 98.7 cm³/mol. The van der Waals surface area contributed by atoms with Gasteiger partial charge >= 0.3 is 11.7 Å². The minimum absolute atomic E-state index is 0.245. The normalized spacial score (nSPS) is 12.4. The Kier molecular flexibility index (Phi) is 4.73. The van der Waals surface area contributed by atoms with E-state index in [-0.39, 0.29) is 11.2 Å². The molecule has 0 saturated heterocycles. The molecule has 3 rings (SSSR count). The van der Waals surface area contributed by atoms with Crippen LogP contribution in [0.15, 0.2) is 45.1 Å². The van der Waals surface area contributed by atoms with Gasteiger partial charge in [0.1, 0.15) is 5.25 Å². The zero-order chi connectivity index (χ0) is 19.0. The number of nitrogens with zero attached hydrogens (tertiary/aromatic N) is 4. The molecule has 2 aromatic heterocycles. The molecule has 8 nitrogen and oxygen atoms in total. The van der Waals surface area contributed by atoms with Crippen LogP contribution >= 0.6 is 11.8 Å². The van der Waals surface area contributed by atoms with E-state index in [0.29, 0.717) is 11.7 Å². The highest BCUT2D eigenvalue weighted by Crippen LogP contribution is 2.26. The standard InChI is InChI=1S/C17H18N4O4S/c1-10(15(23)24)26-16-18-13-12(14(22)20(3)17(25)19(13)2)21(16)9-11-7-5-4-6-8-11/h4-8,10H,9H2,1-3H3,(H,23,24)/t10-/m0/s1. The Labute approximate surface area is 152 Å². The van der Waals surface area contributed by atoms with Gasteiger partial charge in [-0.3, -0.25) is 18.7 Å². The van der Waals surface area contributed by atoms with Gasteiger partial charge in [0.05, 0.1) is 6.54 Å². The van der Waals surface area contributed by atoms with Gasteiger partial charge in [-0.15, -0.1) is 0 Å². The van der Waals surface area contributed by atoms with Gasteiger partial charge in [-0.05, 0) is 12.5 Å². The fourth-order valence-electron chi connectivity index (χ4n) is 2.64. The summed E-state index contributed by atoms with van der Waals surface area (Å²) in [4.78, 5) is 40.6. The number of hydrogen-bond donors (Lipinski definition) is 1. The molecule has 0 radical (unpaired) electrons. The number of carbonyl (C=O) groups is 1.